The van der Waals surface area contributed by atoms with Crippen LogP contribution in [0, 0.1) is 5.92 Å². The smallest absolute Gasteiger partial charge is 0.323 e. The molecule has 0 aliphatic heterocycles. The maximum atomic E-state index is 10.7. The Balaban J connectivity index is 3.44. The summed E-state index contributed by atoms with van der Waals surface area (Å²) in [5.41, 5.74) is 0. The minimum atomic E-state index is -0.884. The van der Waals surface area contributed by atoms with E-state index in [0.29, 0.717) is 19.1 Å². The first-order chi connectivity index (χ1) is 7.57. The van der Waals surface area contributed by atoms with Crippen molar-refractivity contribution in [3.05, 3.63) is 0 Å². The molecule has 0 aromatic rings. The van der Waals surface area contributed by atoms with Gasteiger partial charge in [-0.2, -0.15) is 0 Å². The van der Waals surface area contributed by atoms with Gasteiger partial charge in [0.1, 0.15) is 6.04 Å². The Morgan fingerprint density at radius 1 is 1.38 bits per heavy atom. The second-order valence-electron chi connectivity index (χ2n) is 4.12. The number of nitrogens with one attached hydrogen (secondary N) is 1. The molecule has 96 valence electrons. The lowest BCUT2D eigenvalue weighted by molar-refractivity contribution is -0.140. The average Bonchev–Trinajstić information content (AvgIpc) is 2.20. The molecule has 0 rings (SSSR count). The van der Waals surface area contributed by atoms with Crippen LogP contribution < -0.4 is 5.32 Å². The monoisotopic (exact) mass is 233 g/mol. The Kier molecular flexibility index (Phi) is 9.18. The predicted molar refractivity (Wildman–Crippen MR) is 61.6 cm³/mol. The van der Waals surface area contributed by atoms with E-state index < -0.39 is 12.0 Å². The maximum absolute atomic E-state index is 10.7. The number of rotatable bonds is 10. The minimum Gasteiger partial charge on any atom is -0.480 e. The molecule has 0 fully saturated rings. The van der Waals surface area contributed by atoms with E-state index in [0.717, 1.165) is 13.0 Å². The van der Waals surface area contributed by atoms with Gasteiger partial charge in [-0.15, -0.1) is 0 Å². The Morgan fingerprint density at radius 2 is 2.06 bits per heavy atom. The van der Waals surface area contributed by atoms with Crippen LogP contribution >= 0.6 is 0 Å². The SMILES string of the molecule is COCC(NCCCOCC(C)C)C(=O)O. The molecule has 5 nitrogen and oxygen atoms in total. The van der Waals surface area contributed by atoms with Gasteiger partial charge in [-0.05, 0) is 18.9 Å². The molecule has 0 amide bonds. The van der Waals surface area contributed by atoms with Crippen LogP contribution in [0.1, 0.15) is 20.3 Å². The fraction of sp³-hybridized carbons (Fsp3) is 0.909. The lowest BCUT2D eigenvalue weighted by Crippen LogP contribution is -2.41. The molecule has 5 heteroatoms. The lowest BCUT2D eigenvalue weighted by atomic mass is 10.2. The molecular weight excluding hydrogens is 210 g/mol. The van der Waals surface area contributed by atoms with Crippen molar-refractivity contribution in [1.29, 1.82) is 0 Å². The number of carbonyl (C=O) groups is 1. The first-order valence-electron chi connectivity index (χ1n) is 5.60. The lowest BCUT2D eigenvalue weighted by Gasteiger charge is -2.13. The second-order valence-corrected chi connectivity index (χ2v) is 4.12. The van der Waals surface area contributed by atoms with Gasteiger partial charge in [0.2, 0.25) is 0 Å². The van der Waals surface area contributed by atoms with Gasteiger partial charge in [0.25, 0.3) is 0 Å². The van der Waals surface area contributed by atoms with E-state index in [9.17, 15) is 4.79 Å². The third-order valence-corrected chi connectivity index (χ3v) is 1.94. The van der Waals surface area contributed by atoms with Crippen LogP contribution in [0.15, 0.2) is 0 Å². The number of carboxylic acids is 1. The summed E-state index contributed by atoms with van der Waals surface area (Å²) in [6, 6.07) is -0.630. The summed E-state index contributed by atoms with van der Waals surface area (Å²) in [6.07, 6.45) is 0.806. The number of methoxy groups -OCH3 is 1. The minimum absolute atomic E-state index is 0.183. The molecule has 0 spiro atoms. The number of ether oxygens (including phenoxy) is 2. The van der Waals surface area contributed by atoms with Crippen molar-refractivity contribution >= 4 is 5.97 Å². The van der Waals surface area contributed by atoms with Gasteiger partial charge in [0, 0.05) is 20.3 Å². The summed E-state index contributed by atoms with van der Waals surface area (Å²) in [6.45, 7) is 6.40. The normalized spacial score (nSPS) is 13.0. The zero-order chi connectivity index (χ0) is 12.4. The van der Waals surface area contributed by atoms with Crippen molar-refractivity contribution in [1.82, 2.24) is 5.32 Å². The Bertz CT molecular complexity index is 185. The van der Waals surface area contributed by atoms with Gasteiger partial charge in [0.15, 0.2) is 0 Å². The first kappa shape index (κ1) is 15.3. The highest BCUT2D eigenvalue weighted by Gasteiger charge is 2.15. The van der Waals surface area contributed by atoms with Crippen molar-refractivity contribution in [3.63, 3.8) is 0 Å². The summed E-state index contributed by atoms with van der Waals surface area (Å²) in [5, 5.41) is 11.7. The molecule has 0 saturated carbocycles. The van der Waals surface area contributed by atoms with E-state index in [1.54, 1.807) is 0 Å². The van der Waals surface area contributed by atoms with E-state index in [-0.39, 0.29) is 6.61 Å². The number of aliphatic carboxylic acids is 1. The topological polar surface area (TPSA) is 67.8 Å². The van der Waals surface area contributed by atoms with Crippen LogP contribution in [0.25, 0.3) is 0 Å². The van der Waals surface area contributed by atoms with Gasteiger partial charge in [-0.1, -0.05) is 13.8 Å². The van der Waals surface area contributed by atoms with Gasteiger partial charge >= 0.3 is 5.97 Å². The van der Waals surface area contributed by atoms with Crippen molar-refractivity contribution in [2.45, 2.75) is 26.3 Å². The molecular formula is C11H23NO4. The van der Waals surface area contributed by atoms with E-state index in [2.05, 4.69) is 19.2 Å². The Labute approximate surface area is 97.1 Å². The Hall–Kier alpha value is -0.650. The third kappa shape index (κ3) is 8.64. The summed E-state index contributed by atoms with van der Waals surface area (Å²) < 4.78 is 10.2. The van der Waals surface area contributed by atoms with Gasteiger partial charge in [0.05, 0.1) is 6.61 Å². The Morgan fingerprint density at radius 3 is 2.56 bits per heavy atom. The van der Waals surface area contributed by atoms with E-state index >= 15 is 0 Å². The number of carboxylic acid groups (broad SMARTS) is 1. The molecule has 1 atom stereocenters. The van der Waals surface area contributed by atoms with Crippen molar-refractivity contribution in [3.8, 4) is 0 Å². The van der Waals surface area contributed by atoms with Crippen LogP contribution in [0.5, 0.6) is 0 Å². The van der Waals surface area contributed by atoms with Crippen LogP contribution in [0.4, 0.5) is 0 Å². The molecule has 0 radical (unpaired) electrons. The average molecular weight is 233 g/mol. The molecule has 2 N–H and O–H groups in total. The molecule has 16 heavy (non-hydrogen) atoms. The standard InChI is InChI=1S/C11H23NO4/c1-9(2)7-16-6-4-5-12-10(8-15-3)11(13)14/h9-10,12H,4-8H2,1-3H3,(H,13,14). The molecule has 0 aromatic heterocycles. The van der Waals surface area contributed by atoms with Crippen molar-refractivity contribution in [2.24, 2.45) is 5.92 Å². The van der Waals surface area contributed by atoms with E-state index in [4.69, 9.17) is 14.6 Å². The fourth-order valence-electron chi connectivity index (χ4n) is 1.15. The van der Waals surface area contributed by atoms with Gasteiger partial charge < -0.3 is 19.9 Å². The van der Waals surface area contributed by atoms with Crippen molar-refractivity contribution < 1.29 is 19.4 Å². The molecule has 0 aliphatic carbocycles. The molecule has 0 heterocycles. The molecule has 1 unspecified atom stereocenters. The van der Waals surface area contributed by atoms with Crippen LogP contribution in [-0.2, 0) is 14.3 Å². The predicted octanol–water partition coefficient (Wildman–Crippen LogP) is 0.738. The largest absolute Gasteiger partial charge is 0.480 e. The van der Waals surface area contributed by atoms with Crippen molar-refractivity contribution in [2.75, 3.05) is 33.5 Å². The third-order valence-electron chi connectivity index (χ3n) is 1.94. The van der Waals surface area contributed by atoms with Gasteiger partial charge in [-0.25, -0.2) is 0 Å². The highest BCUT2D eigenvalue weighted by Crippen LogP contribution is 1.93. The summed E-state index contributed by atoms with van der Waals surface area (Å²) >= 11 is 0. The first-order valence-corrected chi connectivity index (χ1v) is 5.60. The summed E-state index contributed by atoms with van der Waals surface area (Å²) in [5.74, 6) is -0.349. The number of hydrogen-bond acceptors (Lipinski definition) is 4. The molecule has 0 saturated heterocycles. The van der Waals surface area contributed by atoms with Crippen LogP contribution in [0.3, 0.4) is 0 Å². The maximum Gasteiger partial charge on any atom is 0.323 e. The molecule has 0 aliphatic rings. The number of hydrogen-bond donors (Lipinski definition) is 2. The summed E-state index contributed by atoms with van der Waals surface area (Å²) in [4.78, 5) is 10.7. The quantitative estimate of drug-likeness (QED) is 0.545. The second kappa shape index (κ2) is 9.57. The highest BCUT2D eigenvalue weighted by atomic mass is 16.5. The van der Waals surface area contributed by atoms with Crippen LogP contribution in [0.2, 0.25) is 0 Å². The highest BCUT2D eigenvalue weighted by molar-refractivity contribution is 5.73. The summed E-state index contributed by atoms with van der Waals surface area (Å²) in [7, 11) is 1.49. The fourth-order valence-corrected chi connectivity index (χ4v) is 1.15. The van der Waals surface area contributed by atoms with E-state index in [1.165, 1.54) is 7.11 Å². The zero-order valence-corrected chi connectivity index (χ0v) is 10.4. The molecule has 0 aromatic carbocycles. The van der Waals surface area contributed by atoms with Crippen LogP contribution in [-0.4, -0.2) is 50.6 Å². The molecule has 0 bridgehead atoms. The zero-order valence-electron chi connectivity index (χ0n) is 10.4. The van der Waals surface area contributed by atoms with E-state index in [1.807, 2.05) is 0 Å². The van der Waals surface area contributed by atoms with Gasteiger partial charge in [-0.3, -0.25) is 4.79 Å².